The van der Waals surface area contributed by atoms with Crippen molar-refractivity contribution < 1.29 is 9.53 Å². The number of nitrogens with one attached hydrogen (secondary N) is 2. The van der Waals surface area contributed by atoms with Crippen molar-refractivity contribution in [3.8, 4) is 5.88 Å². The Bertz CT molecular complexity index is 670. The largest absolute Gasteiger partial charge is 0.470 e. The van der Waals surface area contributed by atoms with Crippen LogP contribution in [0.4, 0.5) is 10.6 Å². The molecule has 1 fully saturated rings. The van der Waals surface area contributed by atoms with E-state index in [-0.39, 0.29) is 12.1 Å². The summed E-state index contributed by atoms with van der Waals surface area (Å²) in [6.07, 6.45) is 9.99. The van der Waals surface area contributed by atoms with Gasteiger partial charge in [0.05, 0.1) is 0 Å². The number of amides is 2. The van der Waals surface area contributed by atoms with E-state index < -0.39 is 0 Å². The molecular formula is C19H24N4O2. The van der Waals surface area contributed by atoms with E-state index in [9.17, 15) is 4.79 Å². The number of urea groups is 1. The number of ether oxygens (including phenoxy) is 1. The zero-order valence-corrected chi connectivity index (χ0v) is 14.3. The Hall–Kier alpha value is -2.63. The molecule has 0 bridgehead atoms. The standard InChI is InChI=1S/C19H24N4O2/c24-19(22-16-10-6-1-2-7-11-16)23-17-18(21-13-12-20-17)25-14-15-8-4-3-5-9-15/h3-5,8-9,12-13,16H,1-2,6-7,10-11,14H2,(H2,20,22,23,24). The van der Waals surface area contributed by atoms with Crippen molar-refractivity contribution in [2.24, 2.45) is 0 Å². The van der Waals surface area contributed by atoms with E-state index in [1.807, 2.05) is 30.3 Å². The van der Waals surface area contributed by atoms with Gasteiger partial charge in [0, 0.05) is 18.4 Å². The Balaban J connectivity index is 1.57. The van der Waals surface area contributed by atoms with E-state index in [0.717, 1.165) is 18.4 Å². The predicted molar refractivity (Wildman–Crippen MR) is 96.5 cm³/mol. The highest BCUT2D eigenvalue weighted by Crippen LogP contribution is 2.20. The molecule has 0 unspecified atom stereocenters. The molecule has 0 spiro atoms. The molecule has 6 nitrogen and oxygen atoms in total. The molecule has 25 heavy (non-hydrogen) atoms. The first-order valence-corrected chi connectivity index (χ1v) is 8.86. The third-order valence-corrected chi connectivity index (χ3v) is 4.31. The molecule has 132 valence electrons. The molecule has 6 heteroatoms. The van der Waals surface area contributed by atoms with Crippen LogP contribution in [0.25, 0.3) is 0 Å². The summed E-state index contributed by atoms with van der Waals surface area (Å²) in [5.41, 5.74) is 1.03. The average Bonchev–Trinajstić information content (AvgIpc) is 2.90. The summed E-state index contributed by atoms with van der Waals surface area (Å²) in [5.74, 6) is 0.659. The molecule has 0 aliphatic heterocycles. The van der Waals surface area contributed by atoms with Crippen LogP contribution in [0, 0.1) is 0 Å². The van der Waals surface area contributed by atoms with Gasteiger partial charge in [0.1, 0.15) is 6.61 Å². The summed E-state index contributed by atoms with van der Waals surface area (Å²) in [7, 11) is 0. The van der Waals surface area contributed by atoms with Crippen molar-refractivity contribution >= 4 is 11.8 Å². The molecule has 0 saturated heterocycles. The fourth-order valence-electron chi connectivity index (χ4n) is 3.00. The summed E-state index contributed by atoms with van der Waals surface area (Å²) < 4.78 is 5.72. The second kappa shape index (κ2) is 9.01. The summed E-state index contributed by atoms with van der Waals surface area (Å²) in [6.45, 7) is 0.373. The van der Waals surface area contributed by atoms with Crippen LogP contribution in [-0.4, -0.2) is 22.0 Å². The van der Waals surface area contributed by atoms with E-state index in [1.165, 1.54) is 31.9 Å². The molecular weight excluding hydrogens is 316 g/mol. The Morgan fingerprint density at radius 3 is 2.52 bits per heavy atom. The molecule has 1 aromatic carbocycles. The van der Waals surface area contributed by atoms with Gasteiger partial charge in [0.2, 0.25) is 0 Å². The lowest BCUT2D eigenvalue weighted by Crippen LogP contribution is -2.37. The summed E-state index contributed by atoms with van der Waals surface area (Å²) in [5, 5.41) is 5.80. The first kappa shape index (κ1) is 17.2. The van der Waals surface area contributed by atoms with Gasteiger partial charge in [-0.1, -0.05) is 56.0 Å². The maximum atomic E-state index is 12.3. The van der Waals surface area contributed by atoms with Crippen molar-refractivity contribution in [1.29, 1.82) is 0 Å². The van der Waals surface area contributed by atoms with Crippen LogP contribution in [0.1, 0.15) is 44.1 Å². The SMILES string of the molecule is O=C(Nc1nccnc1OCc1ccccc1)NC1CCCCCC1. The summed E-state index contributed by atoms with van der Waals surface area (Å²) in [6, 6.07) is 9.79. The number of benzene rings is 1. The first-order chi connectivity index (χ1) is 12.3. The molecule has 0 radical (unpaired) electrons. The Labute approximate surface area is 148 Å². The van der Waals surface area contributed by atoms with Gasteiger partial charge in [0.15, 0.2) is 5.82 Å². The lowest BCUT2D eigenvalue weighted by molar-refractivity contribution is 0.246. The first-order valence-electron chi connectivity index (χ1n) is 8.86. The van der Waals surface area contributed by atoms with Crippen LogP contribution in [0.3, 0.4) is 0 Å². The van der Waals surface area contributed by atoms with E-state index >= 15 is 0 Å². The smallest absolute Gasteiger partial charge is 0.320 e. The number of carbonyl (C=O) groups excluding carboxylic acids is 1. The number of hydrogen-bond acceptors (Lipinski definition) is 4. The van der Waals surface area contributed by atoms with Crippen molar-refractivity contribution in [1.82, 2.24) is 15.3 Å². The van der Waals surface area contributed by atoms with Crippen LogP contribution in [0.15, 0.2) is 42.7 Å². The van der Waals surface area contributed by atoms with E-state index in [1.54, 1.807) is 6.20 Å². The highest BCUT2D eigenvalue weighted by molar-refractivity contribution is 5.89. The average molecular weight is 340 g/mol. The van der Waals surface area contributed by atoms with Crippen molar-refractivity contribution in [3.05, 3.63) is 48.3 Å². The molecule has 2 N–H and O–H groups in total. The lowest BCUT2D eigenvalue weighted by Gasteiger charge is -2.17. The monoisotopic (exact) mass is 340 g/mol. The van der Waals surface area contributed by atoms with Crippen LogP contribution >= 0.6 is 0 Å². The topological polar surface area (TPSA) is 76.1 Å². The molecule has 1 aliphatic rings. The lowest BCUT2D eigenvalue weighted by atomic mass is 10.1. The zero-order chi connectivity index (χ0) is 17.3. The number of carbonyl (C=O) groups is 1. The second-order valence-electron chi connectivity index (χ2n) is 6.27. The van der Waals surface area contributed by atoms with Gasteiger partial charge in [-0.3, -0.25) is 5.32 Å². The van der Waals surface area contributed by atoms with Gasteiger partial charge in [-0.25, -0.2) is 14.8 Å². The van der Waals surface area contributed by atoms with E-state index in [4.69, 9.17) is 4.74 Å². The highest BCUT2D eigenvalue weighted by atomic mass is 16.5. The second-order valence-corrected chi connectivity index (χ2v) is 6.27. The fraction of sp³-hybridized carbons (Fsp3) is 0.421. The van der Waals surface area contributed by atoms with E-state index in [0.29, 0.717) is 18.3 Å². The molecule has 2 aromatic rings. The molecule has 1 heterocycles. The van der Waals surface area contributed by atoms with Gasteiger partial charge < -0.3 is 10.1 Å². The molecule has 1 aromatic heterocycles. The minimum atomic E-state index is -0.253. The molecule has 0 atom stereocenters. The number of aromatic nitrogens is 2. The predicted octanol–water partition coefficient (Wildman–Crippen LogP) is 3.90. The minimum absolute atomic E-state index is 0.229. The number of anilines is 1. The Kier molecular flexibility index (Phi) is 6.20. The fourth-order valence-corrected chi connectivity index (χ4v) is 3.00. The molecule has 2 amide bonds. The zero-order valence-electron chi connectivity index (χ0n) is 14.3. The highest BCUT2D eigenvalue weighted by Gasteiger charge is 2.16. The third-order valence-electron chi connectivity index (χ3n) is 4.31. The van der Waals surface area contributed by atoms with Crippen molar-refractivity contribution in [2.45, 2.75) is 51.2 Å². The van der Waals surface area contributed by atoms with E-state index in [2.05, 4.69) is 20.6 Å². The Morgan fingerprint density at radius 2 is 1.76 bits per heavy atom. The molecule has 1 saturated carbocycles. The van der Waals surface area contributed by atoms with Crippen LogP contribution in [-0.2, 0) is 6.61 Å². The molecule has 1 aliphatic carbocycles. The van der Waals surface area contributed by atoms with Gasteiger partial charge in [-0.15, -0.1) is 0 Å². The molecule has 3 rings (SSSR count). The number of hydrogen-bond donors (Lipinski definition) is 2. The maximum absolute atomic E-state index is 12.3. The van der Waals surface area contributed by atoms with Crippen molar-refractivity contribution in [3.63, 3.8) is 0 Å². The normalized spacial score (nSPS) is 15.2. The minimum Gasteiger partial charge on any atom is -0.470 e. The third kappa shape index (κ3) is 5.45. The summed E-state index contributed by atoms with van der Waals surface area (Å²) >= 11 is 0. The van der Waals surface area contributed by atoms with Gasteiger partial charge >= 0.3 is 6.03 Å². The summed E-state index contributed by atoms with van der Waals surface area (Å²) in [4.78, 5) is 20.6. The quantitative estimate of drug-likeness (QED) is 0.809. The number of rotatable bonds is 5. The van der Waals surface area contributed by atoms with Gasteiger partial charge in [-0.05, 0) is 18.4 Å². The van der Waals surface area contributed by atoms with Crippen molar-refractivity contribution in [2.75, 3.05) is 5.32 Å². The van der Waals surface area contributed by atoms with Gasteiger partial charge in [-0.2, -0.15) is 0 Å². The number of nitrogens with zero attached hydrogens (tertiary/aromatic N) is 2. The Morgan fingerprint density at radius 1 is 1.04 bits per heavy atom. The maximum Gasteiger partial charge on any atom is 0.320 e. The van der Waals surface area contributed by atoms with Crippen LogP contribution in [0.2, 0.25) is 0 Å². The van der Waals surface area contributed by atoms with Gasteiger partial charge in [0.25, 0.3) is 5.88 Å². The van der Waals surface area contributed by atoms with Crippen LogP contribution in [0.5, 0.6) is 5.88 Å². The van der Waals surface area contributed by atoms with Crippen LogP contribution < -0.4 is 15.4 Å².